The van der Waals surface area contributed by atoms with Gasteiger partial charge in [-0.3, -0.25) is 14.1 Å². The first-order valence-corrected chi connectivity index (χ1v) is 9.18. The van der Waals surface area contributed by atoms with Crippen molar-refractivity contribution < 1.29 is 0 Å². The van der Waals surface area contributed by atoms with Gasteiger partial charge in [-0.15, -0.1) is 0 Å². The number of halogens is 1. The Morgan fingerprint density at radius 2 is 2.08 bits per heavy atom. The van der Waals surface area contributed by atoms with E-state index in [1.165, 1.54) is 36.5 Å². The molecule has 0 unspecified atom stereocenters. The van der Waals surface area contributed by atoms with Crippen LogP contribution in [0.4, 0.5) is 0 Å². The van der Waals surface area contributed by atoms with Crippen LogP contribution in [0.25, 0.3) is 5.65 Å². The van der Waals surface area contributed by atoms with Crippen molar-refractivity contribution in [3.05, 3.63) is 45.5 Å². The number of rotatable bonds is 2. The summed E-state index contributed by atoms with van der Waals surface area (Å²) >= 11 is 5.98. The van der Waals surface area contributed by atoms with Crippen LogP contribution in [0.15, 0.2) is 29.2 Å². The highest BCUT2D eigenvalue weighted by molar-refractivity contribution is 6.30. The van der Waals surface area contributed by atoms with Gasteiger partial charge in [0.2, 0.25) is 0 Å². The lowest BCUT2D eigenvalue weighted by molar-refractivity contribution is 0.0199. The highest BCUT2D eigenvalue weighted by atomic mass is 35.5. The molecule has 1 saturated carbocycles. The van der Waals surface area contributed by atoms with E-state index in [-0.39, 0.29) is 11.1 Å². The molecule has 4 rings (SSSR count). The zero-order valence-electron chi connectivity index (χ0n) is 13.8. The van der Waals surface area contributed by atoms with Crippen molar-refractivity contribution in [1.82, 2.24) is 19.6 Å². The standard InChI is InChI=1S/C18H23ClN4O/c19-14-4-5-16-21-15(10-17(24)23(16)11-14)12-22-9-8-20-13-18(22)6-2-1-3-7-18/h4-5,10-11,20H,1-3,6-9,12-13H2. The summed E-state index contributed by atoms with van der Waals surface area (Å²) in [5.41, 5.74) is 1.69. The van der Waals surface area contributed by atoms with Gasteiger partial charge in [-0.05, 0) is 25.0 Å². The van der Waals surface area contributed by atoms with Crippen LogP contribution >= 0.6 is 11.6 Å². The van der Waals surface area contributed by atoms with Gasteiger partial charge in [-0.1, -0.05) is 30.9 Å². The van der Waals surface area contributed by atoms with Gasteiger partial charge < -0.3 is 5.32 Å². The number of piperazine rings is 1. The second-order valence-electron chi connectivity index (χ2n) is 7.04. The van der Waals surface area contributed by atoms with Crippen molar-refractivity contribution in [2.75, 3.05) is 19.6 Å². The molecular formula is C18H23ClN4O. The Morgan fingerprint density at radius 3 is 2.92 bits per heavy atom. The van der Waals surface area contributed by atoms with E-state index >= 15 is 0 Å². The van der Waals surface area contributed by atoms with Crippen molar-refractivity contribution in [2.24, 2.45) is 0 Å². The van der Waals surface area contributed by atoms with Gasteiger partial charge in [-0.25, -0.2) is 4.98 Å². The fraction of sp³-hybridized carbons (Fsp3) is 0.556. The molecule has 128 valence electrons. The molecule has 1 aliphatic heterocycles. The van der Waals surface area contributed by atoms with Crippen LogP contribution < -0.4 is 10.9 Å². The lowest BCUT2D eigenvalue weighted by Crippen LogP contribution is -2.61. The number of hydrogen-bond donors (Lipinski definition) is 1. The molecule has 3 heterocycles. The first-order chi connectivity index (χ1) is 11.7. The maximum Gasteiger partial charge on any atom is 0.258 e. The normalized spacial score (nSPS) is 21.4. The molecule has 0 atom stereocenters. The minimum absolute atomic E-state index is 0.0645. The summed E-state index contributed by atoms with van der Waals surface area (Å²) in [4.78, 5) is 19.6. The lowest BCUT2D eigenvalue weighted by atomic mass is 9.79. The van der Waals surface area contributed by atoms with Crippen molar-refractivity contribution in [3.8, 4) is 0 Å². The summed E-state index contributed by atoms with van der Waals surface area (Å²) in [6, 6.07) is 5.24. The third-order valence-corrected chi connectivity index (χ3v) is 5.72. The fourth-order valence-corrected chi connectivity index (χ4v) is 4.40. The molecule has 0 aromatic carbocycles. The molecule has 0 amide bonds. The van der Waals surface area contributed by atoms with Gasteiger partial charge in [-0.2, -0.15) is 0 Å². The summed E-state index contributed by atoms with van der Waals surface area (Å²) in [6.07, 6.45) is 8.04. The smallest absolute Gasteiger partial charge is 0.258 e. The zero-order valence-corrected chi connectivity index (χ0v) is 14.6. The number of aromatic nitrogens is 2. The summed E-state index contributed by atoms with van der Waals surface area (Å²) in [5.74, 6) is 0. The van der Waals surface area contributed by atoms with Crippen molar-refractivity contribution in [1.29, 1.82) is 0 Å². The molecule has 0 radical (unpaired) electrons. The van der Waals surface area contributed by atoms with Gasteiger partial charge in [0.1, 0.15) is 5.65 Å². The number of pyridine rings is 1. The lowest BCUT2D eigenvalue weighted by Gasteiger charge is -2.49. The summed E-state index contributed by atoms with van der Waals surface area (Å²) in [5, 5.41) is 4.11. The van der Waals surface area contributed by atoms with Gasteiger partial charge in [0.15, 0.2) is 0 Å². The molecular weight excluding hydrogens is 324 g/mol. The molecule has 1 N–H and O–H groups in total. The minimum Gasteiger partial charge on any atom is -0.314 e. The van der Waals surface area contributed by atoms with Crippen LogP contribution in [0.3, 0.4) is 0 Å². The Bertz CT molecular complexity index is 789. The largest absolute Gasteiger partial charge is 0.314 e. The van der Waals surface area contributed by atoms with E-state index in [0.717, 1.165) is 31.9 Å². The molecule has 0 bridgehead atoms. The zero-order chi connectivity index (χ0) is 16.6. The molecule has 2 aromatic rings. The monoisotopic (exact) mass is 346 g/mol. The van der Waals surface area contributed by atoms with E-state index < -0.39 is 0 Å². The Balaban J connectivity index is 1.65. The third-order valence-electron chi connectivity index (χ3n) is 5.50. The third kappa shape index (κ3) is 2.96. The maximum absolute atomic E-state index is 12.4. The van der Waals surface area contributed by atoms with Gasteiger partial charge in [0.05, 0.1) is 10.7 Å². The van der Waals surface area contributed by atoms with E-state index in [2.05, 4.69) is 10.2 Å². The van der Waals surface area contributed by atoms with Crippen molar-refractivity contribution in [2.45, 2.75) is 44.2 Å². The Labute approximate surface area is 146 Å². The Morgan fingerprint density at radius 1 is 1.25 bits per heavy atom. The van der Waals surface area contributed by atoms with Gasteiger partial charge in [0.25, 0.3) is 5.56 Å². The topological polar surface area (TPSA) is 49.6 Å². The van der Waals surface area contributed by atoms with Crippen LogP contribution in [0, 0.1) is 0 Å². The van der Waals surface area contributed by atoms with Gasteiger partial charge >= 0.3 is 0 Å². The van der Waals surface area contributed by atoms with E-state index in [1.807, 2.05) is 0 Å². The number of nitrogens with one attached hydrogen (secondary N) is 1. The fourth-order valence-electron chi connectivity index (χ4n) is 4.24. The quantitative estimate of drug-likeness (QED) is 0.907. The van der Waals surface area contributed by atoms with Crippen LogP contribution in [-0.2, 0) is 6.54 Å². The highest BCUT2D eigenvalue weighted by Crippen LogP contribution is 2.35. The molecule has 1 saturated heterocycles. The summed E-state index contributed by atoms with van der Waals surface area (Å²) < 4.78 is 1.51. The molecule has 1 aliphatic carbocycles. The minimum atomic E-state index is -0.0645. The van der Waals surface area contributed by atoms with E-state index in [4.69, 9.17) is 16.6 Å². The van der Waals surface area contributed by atoms with Crippen LogP contribution in [0.5, 0.6) is 0 Å². The average molecular weight is 347 g/mol. The number of nitrogens with zero attached hydrogens (tertiary/aromatic N) is 3. The average Bonchev–Trinajstić information content (AvgIpc) is 2.59. The molecule has 6 heteroatoms. The number of fused-ring (bicyclic) bond motifs is 1. The second-order valence-corrected chi connectivity index (χ2v) is 7.48. The van der Waals surface area contributed by atoms with Gasteiger partial charge in [0, 0.05) is 44.0 Å². The predicted molar refractivity (Wildman–Crippen MR) is 95.6 cm³/mol. The van der Waals surface area contributed by atoms with E-state index in [0.29, 0.717) is 10.7 Å². The Kier molecular flexibility index (Phi) is 4.33. The highest BCUT2D eigenvalue weighted by Gasteiger charge is 2.39. The van der Waals surface area contributed by atoms with Crippen molar-refractivity contribution in [3.63, 3.8) is 0 Å². The van der Waals surface area contributed by atoms with E-state index in [1.54, 1.807) is 24.4 Å². The molecule has 2 aromatic heterocycles. The maximum atomic E-state index is 12.4. The number of hydrogen-bond acceptors (Lipinski definition) is 4. The Hall–Kier alpha value is -1.43. The summed E-state index contributed by atoms with van der Waals surface area (Å²) in [7, 11) is 0. The van der Waals surface area contributed by atoms with Crippen LogP contribution in [0.1, 0.15) is 37.8 Å². The summed E-state index contributed by atoms with van der Waals surface area (Å²) in [6.45, 7) is 3.82. The molecule has 24 heavy (non-hydrogen) atoms. The van der Waals surface area contributed by atoms with E-state index in [9.17, 15) is 4.79 Å². The SMILES string of the molecule is O=c1cc(CN2CCNCC23CCCCC3)nc2ccc(Cl)cn12. The molecule has 2 aliphatic rings. The molecule has 2 fully saturated rings. The first kappa shape index (κ1) is 16.1. The second kappa shape index (κ2) is 6.47. The first-order valence-electron chi connectivity index (χ1n) is 8.80. The van der Waals surface area contributed by atoms with Crippen LogP contribution in [-0.4, -0.2) is 39.5 Å². The van der Waals surface area contributed by atoms with Crippen molar-refractivity contribution >= 4 is 17.2 Å². The molecule has 5 nitrogen and oxygen atoms in total. The predicted octanol–water partition coefficient (Wildman–Crippen LogP) is 2.46. The molecule has 1 spiro atoms. The van der Waals surface area contributed by atoms with Crippen LogP contribution in [0.2, 0.25) is 5.02 Å².